The zero-order chi connectivity index (χ0) is 13.0. The van der Waals surface area contributed by atoms with Crippen LogP contribution in [0.2, 0.25) is 0 Å². The molecule has 0 aliphatic heterocycles. The van der Waals surface area contributed by atoms with Gasteiger partial charge in [-0.1, -0.05) is 36.4 Å². The van der Waals surface area contributed by atoms with Crippen LogP contribution < -0.4 is 0 Å². The molecule has 1 heterocycles. The summed E-state index contributed by atoms with van der Waals surface area (Å²) < 4.78 is 4.76. The standard InChI is InChI=1S/C15H14O2S/c1-3-7-13-12(11-8-5-4-6-9-11)10-14(18-13)15(16)17-2/h3-6,8-10H,1,7H2,2H3. The summed E-state index contributed by atoms with van der Waals surface area (Å²) in [5.74, 6) is -0.285. The molecule has 2 rings (SSSR count). The van der Waals surface area contributed by atoms with E-state index in [2.05, 4.69) is 6.58 Å². The van der Waals surface area contributed by atoms with E-state index in [1.807, 2.05) is 42.5 Å². The average molecular weight is 258 g/mol. The molecule has 3 heteroatoms. The van der Waals surface area contributed by atoms with E-state index in [0.717, 1.165) is 22.4 Å². The summed E-state index contributed by atoms with van der Waals surface area (Å²) in [6.07, 6.45) is 2.60. The number of ether oxygens (including phenoxy) is 1. The molecule has 0 saturated carbocycles. The van der Waals surface area contributed by atoms with Crippen molar-refractivity contribution in [2.24, 2.45) is 0 Å². The lowest BCUT2D eigenvalue weighted by Gasteiger charge is -2.00. The number of hydrogen-bond donors (Lipinski definition) is 0. The first-order chi connectivity index (χ1) is 8.76. The summed E-state index contributed by atoms with van der Waals surface area (Å²) in [6, 6.07) is 11.9. The molecule has 92 valence electrons. The lowest BCUT2D eigenvalue weighted by atomic mass is 10.1. The fraction of sp³-hybridized carbons (Fsp3) is 0.133. The number of allylic oxidation sites excluding steroid dienone is 1. The van der Waals surface area contributed by atoms with Crippen LogP contribution in [0.1, 0.15) is 14.5 Å². The molecule has 0 atom stereocenters. The first-order valence-corrected chi connectivity index (χ1v) is 6.45. The van der Waals surface area contributed by atoms with Gasteiger partial charge < -0.3 is 4.74 Å². The Morgan fingerprint density at radius 1 is 1.39 bits per heavy atom. The highest BCUT2D eigenvalue weighted by Gasteiger charge is 2.15. The molecule has 0 radical (unpaired) electrons. The number of hydrogen-bond acceptors (Lipinski definition) is 3. The highest BCUT2D eigenvalue weighted by molar-refractivity contribution is 7.14. The van der Waals surface area contributed by atoms with Gasteiger partial charge in [0.25, 0.3) is 0 Å². The van der Waals surface area contributed by atoms with Gasteiger partial charge in [0.05, 0.1) is 7.11 Å². The molecular formula is C15H14O2S. The van der Waals surface area contributed by atoms with Gasteiger partial charge in [-0.05, 0) is 17.2 Å². The van der Waals surface area contributed by atoms with Gasteiger partial charge >= 0.3 is 5.97 Å². The summed E-state index contributed by atoms with van der Waals surface area (Å²) in [5.41, 5.74) is 2.20. The quantitative estimate of drug-likeness (QED) is 0.613. The Hall–Kier alpha value is -1.87. The summed E-state index contributed by atoms with van der Waals surface area (Å²) in [5, 5.41) is 0. The normalized spacial score (nSPS) is 10.1. The predicted molar refractivity (Wildman–Crippen MR) is 75.0 cm³/mol. The number of carbonyl (C=O) groups excluding carboxylic acids is 1. The summed E-state index contributed by atoms with van der Waals surface area (Å²) in [6.45, 7) is 3.76. The van der Waals surface area contributed by atoms with Gasteiger partial charge in [0.1, 0.15) is 4.88 Å². The molecule has 1 aromatic carbocycles. The van der Waals surface area contributed by atoms with E-state index in [9.17, 15) is 4.79 Å². The monoisotopic (exact) mass is 258 g/mol. The van der Waals surface area contributed by atoms with Crippen LogP contribution in [0.15, 0.2) is 49.1 Å². The van der Waals surface area contributed by atoms with E-state index < -0.39 is 0 Å². The zero-order valence-electron chi connectivity index (χ0n) is 10.2. The highest BCUT2D eigenvalue weighted by Crippen LogP contribution is 2.32. The largest absolute Gasteiger partial charge is 0.465 e. The van der Waals surface area contributed by atoms with Crippen LogP contribution >= 0.6 is 11.3 Å². The van der Waals surface area contributed by atoms with E-state index >= 15 is 0 Å². The number of carbonyl (C=O) groups is 1. The molecule has 0 saturated heterocycles. The molecule has 0 bridgehead atoms. The van der Waals surface area contributed by atoms with Crippen molar-refractivity contribution in [2.45, 2.75) is 6.42 Å². The van der Waals surface area contributed by atoms with Gasteiger partial charge in [-0.15, -0.1) is 17.9 Å². The Bertz CT molecular complexity index is 555. The van der Waals surface area contributed by atoms with Crippen molar-refractivity contribution in [1.29, 1.82) is 0 Å². The third-order valence-corrected chi connectivity index (χ3v) is 3.75. The third-order valence-electron chi connectivity index (χ3n) is 2.61. The molecule has 0 amide bonds. The lowest BCUT2D eigenvalue weighted by Crippen LogP contribution is -1.96. The lowest BCUT2D eigenvalue weighted by molar-refractivity contribution is 0.0606. The molecule has 1 aromatic heterocycles. The number of methoxy groups -OCH3 is 1. The molecule has 0 spiro atoms. The van der Waals surface area contributed by atoms with E-state index in [1.54, 1.807) is 0 Å². The molecule has 0 aliphatic rings. The number of benzene rings is 1. The van der Waals surface area contributed by atoms with Crippen molar-refractivity contribution in [3.63, 3.8) is 0 Å². The summed E-state index contributed by atoms with van der Waals surface area (Å²) in [7, 11) is 1.40. The van der Waals surface area contributed by atoms with Crippen LogP contribution in [0.3, 0.4) is 0 Å². The van der Waals surface area contributed by atoms with Crippen LogP contribution in [0.25, 0.3) is 11.1 Å². The Kier molecular flexibility index (Phi) is 3.95. The third kappa shape index (κ3) is 2.51. The second-order valence-electron chi connectivity index (χ2n) is 3.80. The second kappa shape index (κ2) is 5.65. The minimum atomic E-state index is -0.285. The minimum absolute atomic E-state index is 0.285. The Morgan fingerprint density at radius 3 is 2.72 bits per heavy atom. The topological polar surface area (TPSA) is 26.3 Å². The van der Waals surface area contributed by atoms with Crippen LogP contribution in [0, 0.1) is 0 Å². The van der Waals surface area contributed by atoms with Gasteiger partial charge in [0, 0.05) is 11.3 Å². The van der Waals surface area contributed by atoms with Gasteiger partial charge in [0.15, 0.2) is 0 Å². The highest BCUT2D eigenvalue weighted by atomic mass is 32.1. The van der Waals surface area contributed by atoms with Crippen molar-refractivity contribution < 1.29 is 9.53 Å². The van der Waals surface area contributed by atoms with Gasteiger partial charge in [0.2, 0.25) is 0 Å². The maximum absolute atomic E-state index is 11.6. The first-order valence-electron chi connectivity index (χ1n) is 5.63. The summed E-state index contributed by atoms with van der Waals surface area (Å²) >= 11 is 1.47. The molecule has 0 aliphatic carbocycles. The van der Waals surface area contributed by atoms with Crippen LogP contribution in [-0.4, -0.2) is 13.1 Å². The Morgan fingerprint density at radius 2 is 2.11 bits per heavy atom. The zero-order valence-corrected chi connectivity index (χ0v) is 11.0. The average Bonchev–Trinajstić information content (AvgIpc) is 2.83. The predicted octanol–water partition coefficient (Wildman–Crippen LogP) is 3.93. The fourth-order valence-electron chi connectivity index (χ4n) is 1.77. The molecule has 18 heavy (non-hydrogen) atoms. The number of esters is 1. The van der Waals surface area contributed by atoms with Crippen molar-refractivity contribution in [1.82, 2.24) is 0 Å². The maximum atomic E-state index is 11.6. The van der Waals surface area contributed by atoms with Crippen molar-refractivity contribution in [2.75, 3.05) is 7.11 Å². The minimum Gasteiger partial charge on any atom is -0.465 e. The molecule has 0 N–H and O–H groups in total. The van der Waals surface area contributed by atoms with E-state index in [-0.39, 0.29) is 5.97 Å². The van der Waals surface area contributed by atoms with Gasteiger partial charge in [-0.3, -0.25) is 0 Å². The molecular weight excluding hydrogens is 244 g/mol. The van der Waals surface area contributed by atoms with Crippen LogP contribution in [-0.2, 0) is 11.2 Å². The Labute approximate surface area is 111 Å². The maximum Gasteiger partial charge on any atom is 0.348 e. The van der Waals surface area contributed by atoms with Crippen LogP contribution in [0.4, 0.5) is 0 Å². The molecule has 2 nitrogen and oxygen atoms in total. The molecule has 2 aromatic rings. The fourth-order valence-corrected chi connectivity index (χ4v) is 2.87. The van der Waals surface area contributed by atoms with Gasteiger partial charge in [-0.25, -0.2) is 4.79 Å². The Balaban J connectivity index is 2.48. The van der Waals surface area contributed by atoms with E-state index in [4.69, 9.17) is 4.74 Å². The van der Waals surface area contributed by atoms with Gasteiger partial charge in [-0.2, -0.15) is 0 Å². The van der Waals surface area contributed by atoms with Crippen molar-refractivity contribution in [3.05, 3.63) is 58.8 Å². The molecule has 0 unspecified atom stereocenters. The second-order valence-corrected chi connectivity index (χ2v) is 4.93. The van der Waals surface area contributed by atoms with E-state index in [0.29, 0.717) is 4.88 Å². The van der Waals surface area contributed by atoms with Crippen molar-refractivity contribution >= 4 is 17.3 Å². The number of rotatable bonds is 4. The molecule has 0 fully saturated rings. The SMILES string of the molecule is C=CCc1sc(C(=O)OC)cc1-c1ccccc1. The first kappa shape index (κ1) is 12.6. The van der Waals surface area contributed by atoms with Crippen LogP contribution in [0.5, 0.6) is 0 Å². The smallest absolute Gasteiger partial charge is 0.348 e. The van der Waals surface area contributed by atoms with Crippen molar-refractivity contribution in [3.8, 4) is 11.1 Å². The number of thiophene rings is 1. The summed E-state index contributed by atoms with van der Waals surface area (Å²) in [4.78, 5) is 13.3. The van der Waals surface area contributed by atoms with E-state index in [1.165, 1.54) is 18.4 Å².